The van der Waals surface area contributed by atoms with Gasteiger partial charge in [-0.05, 0) is 5.56 Å². The quantitative estimate of drug-likeness (QED) is 0.537. The van der Waals surface area contributed by atoms with Gasteiger partial charge in [0.05, 0.1) is 18.9 Å². The first-order valence-electron chi connectivity index (χ1n) is 4.99. The molecule has 1 aliphatic rings. The fraction of sp³-hybridized carbons (Fsp3) is 0.455. The van der Waals surface area contributed by atoms with Gasteiger partial charge in [0, 0.05) is 13.0 Å². The number of hydrogen-bond donors (Lipinski definition) is 2. The van der Waals surface area contributed by atoms with E-state index in [0.29, 0.717) is 6.10 Å². The van der Waals surface area contributed by atoms with Gasteiger partial charge in [-0.2, -0.15) is 0 Å². The van der Waals surface area contributed by atoms with Crippen LogP contribution < -0.4 is 11.1 Å². The molecular weight excluding hydrogens is 176 g/mol. The Bertz CT molecular complexity index is 272. The molecule has 3 N–H and O–H groups in total. The summed E-state index contributed by atoms with van der Waals surface area (Å²) in [6, 6.07) is 10.3. The molecule has 76 valence electrons. The van der Waals surface area contributed by atoms with Crippen LogP contribution in [0.5, 0.6) is 0 Å². The van der Waals surface area contributed by atoms with Crippen molar-refractivity contribution in [3.63, 3.8) is 0 Å². The zero-order chi connectivity index (χ0) is 9.80. The number of nitrogens with one attached hydrogen (secondary N) is 1. The summed E-state index contributed by atoms with van der Waals surface area (Å²) in [6.07, 6.45) is 1.35. The normalized spacial score (nSPS) is 21.9. The number of hydrogen-bond acceptors (Lipinski definition) is 3. The highest BCUT2D eigenvalue weighted by atomic mass is 16.6. The van der Waals surface area contributed by atoms with E-state index in [2.05, 4.69) is 17.4 Å². The van der Waals surface area contributed by atoms with Crippen LogP contribution in [0.1, 0.15) is 12.0 Å². The Morgan fingerprint density at radius 2 is 2.14 bits per heavy atom. The predicted molar refractivity (Wildman–Crippen MR) is 55.6 cm³/mol. The van der Waals surface area contributed by atoms with Crippen molar-refractivity contribution in [1.82, 2.24) is 5.32 Å². The molecule has 0 bridgehead atoms. The Morgan fingerprint density at radius 3 is 2.79 bits per heavy atom. The Labute approximate surface area is 84.3 Å². The van der Waals surface area contributed by atoms with Crippen LogP contribution in [0, 0.1) is 0 Å². The number of epoxide rings is 1. The van der Waals surface area contributed by atoms with Crippen molar-refractivity contribution < 1.29 is 4.74 Å². The lowest BCUT2D eigenvalue weighted by Gasteiger charge is -2.12. The van der Waals surface area contributed by atoms with Gasteiger partial charge in [-0.3, -0.25) is 5.32 Å². The molecule has 1 saturated heterocycles. The number of benzene rings is 1. The lowest BCUT2D eigenvalue weighted by atomic mass is 10.2. The van der Waals surface area contributed by atoms with E-state index in [1.54, 1.807) is 0 Å². The Balaban J connectivity index is 1.70. The van der Waals surface area contributed by atoms with Crippen LogP contribution in [0.3, 0.4) is 0 Å². The molecule has 2 unspecified atom stereocenters. The molecule has 0 aromatic heterocycles. The lowest BCUT2D eigenvalue weighted by Crippen LogP contribution is -2.37. The zero-order valence-electron chi connectivity index (χ0n) is 8.15. The second-order valence-electron chi connectivity index (χ2n) is 3.66. The van der Waals surface area contributed by atoms with Crippen LogP contribution in [0.4, 0.5) is 0 Å². The average molecular weight is 192 g/mol. The summed E-state index contributed by atoms with van der Waals surface area (Å²) in [4.78, 5) is 0. The maximum Gasteiger partial charge on any atom is 0.0837 e. The minimum absolute atomic E-state index is 0.0442. The standard InChI is InChI=1S/C11H16N2O/c12-11(6-10-8-14-10)13-7-9-4-2-1-3-5-9/h1-5,10-11,13H,6-8,12H2. The van der Waals surface area contributed by atoms with E-state index in [-0.39, 0.29) is 6.17 Å². The average Bonchev–Trinajstić information content (AvgIpc) is 3.00. The summed E-state index contributed by atoms with van der Waals surface area (Å²) < 4.78 is 5.11. The highest BCUT2D eigenvalue weighted by Crippen LogP contribution is 2.13. The first-order chi connectivity index (χ1) is 6.84. The summed E-state index contributed by atoms with van der Waals surface area (Å²) in [5.74, 6) is 0. The molecule has 0 radical (unpaired) electrons. The molecule has 1 aromatic carbocycles. The van der Waals surface area contributed by atoms with Gasteiger partial charge in [0.2, 0.25) is 0 Å². The van der Waals surface area contributed by atoms with Crippen molar-refractivity contribution in [2.24, 2.45) is 5.73 Å². The van der Waals surface area contributed by atoms with Gasteiger partial charge in [0.15, 0.2) is 0 Å². The summed E-state index contributed by atoms with van der Waals surface area (Å²) >= 11 is 0. The third-order valence-corrected chi connectivity index (χ3v) is 2.33. The molecule has 1 heterocycles. The van der Waals surface area contributed by atoms with Crippen LogP contribution in [-0.2, 0) is 11.3 Å². The van der Waals surface area contributed by atoms with Gasteiger partial charge in [0.25, 0.3) is 0 Å². The van der Waals surface area contributed by atoms with E-state index in [1.807, 2.05) is 18.2 Å². The Kier molecular flexibility index (Phi) is 3.14. The van der Waals surface area contributed by atoms with Crippen LogP contribution in [0.15, 0.2) is 30.3 Å². The second-order valence-corrected chi connectivity index (χ2v) is 3.66. The molecule has 2 rings (SSSR count). The molecule has 14 heavy (non-hydrogen) atoms. The molecule has 0 saturated carbocycles. The summed E-state index contributed by atoms with van der Waals surface area (Å²) in [5.41, 5.74) is 7.13. The van der Waals surface area contributed by atoms with Crippen LogP contribution in [-0.4, -0.2) is 18.9 Å². The molecule has 0 aliphatic carbocycles. The van der Waals surface area contributed by atoms with Crippen molar-refractivity contribution in [3.8, 4) is 0 Å². The summed E-state index contributed by atoms with van der Waals surface area (Å²) in [5, 5.41) is 3.27. The van der Waals surface area contributed by atoms with Gasteiger partial charge in [-0.15, -0.1) is 0 Å². The molecule has 1 aromatic rings. The molecule has 2 atom stereocenters. The third-order valence-electron chi connectivity index (χ3n) is 2.33. The molecule has 1 aliphatic heterocycles. The van der Waals surface area contributed by atoms with E-state index in [9.17, 15) is 0 Å². The highest BCUT2D eigenvalue weighted by molar-refractivity contribution is 5.14. The second kappa shape index (κ2) is 4.55. The predicted octanol–water partition coefficient (Wildman–Crippen LogP) is 0.850. The van der Waals surface area contributed by atoms with E-state index in [0.717, 1.165) is 19.6 Å². The van der Waals surface area contributed by atoms with Crippen molar-refractivity contribution in [2.45, 2.75) is 25.2 Å². The molecular formula is C11H16N2O. The molecule has 0 spiro atoms. The molecule has 3 heteroatoms. The van der Waals surface area contributed by atoms with Crippen LogP contribution in [0.2, 0.25) is 0 Å². The smallest absolute Gasteiger partial charge is 0.0837 e. The van der Waals surface area contributed by atoms with E-state index < -0.39 is 0 Å². The van der Waals surface area contributed by atoms with Crippen LogP contribution in [0.25, 0.3) is 0 Å². The largest absolute Gasteiger partial charge is 0.373 e. The minimum Gasteiger partial charge on any atom is -0.373 e. The minimum atomic E-state index is 0.0442. The first kappa shape index (κ1) is 9.65. The zero-order valence-corrected chi connectivity index (χ0v) is 8.15. The number of ether oxygens (including phenoxy) is 1. The molecule has 3 nitrogen and oxygen atoms in total. The fourth-order valence-electron chi connectivity index (χ4n) is 1.42. The number of rotatable bonds is 5. The molecule has 0 amide bonds. The third kappa shape index (κ3) is 3.10. The van der Waals surface area contributed by atoms with Gasteiger partial charge < -0.3 is 10.5 Å². The summed E-state index contributed by atoms with van der Waals surface area (Å²) in [7, 11) is 0. The monoisotopic (exact) mass is 192 g/mol. The van der Waals surface area contributed by atoms with Gasteiger partial charge in [-0.1, -0.05) is 30.3 Å². The summed E-state index contributed by atoms with van der Waals surface area (Å²) in [6.45, 7) is 1.70. The van der Waals surface area contributed by atoms with Crippen molar-refractivity contribution in [1.29, 1.82) is 0 Å². The maximum atomic E-state index is 5.87. The van der Waals surface area contributed by atoms with Gasteiger partial charge in [0.1, 0.15) is 0 Å². The Morgan fingerprint density at radius 1 is 1.43 bits per heavy atom. The van der Waals surface area contributed by atoms with Crippen LogP contribution >= 0.6 is 0 Å². The fourth-order valence-corrected chi connectivity index (χ4v) is 1.42. The topological polar surface area (TPSA) is 50.6 Å². The van der Waals surface area contributed by atoms with Crippen molar-refractivity contribution in [2.75, 3.05) is 6.61 Å². The maximum absolute atomic E-state index is 5.87. The molecule has 1 fully saturated rings. The first-order valence-corrected chi connectivity index (χ1v) is 4.99. The SMILES string of the molecule is NC(CC1CO1)NCc1ccccc1. The highest BCUT2D eigenvalue weighted by Gasteiger charge is 2.24. The van der Waals surface area contributed by atoms with Crippen molar-refractivity contribution >= 4 is 0 Å². The van der Waals surface area contributed by atoms with E-state index >= 15 is 0 Å². The van der Waals surface area contributed by atoms with E-state index in [4.69, 9.17) is 10.5 Å². The van der Waals surface area contributed by atoms with Gasteiger partial charge in [-0.25, -0.2) is 0 Å². The lowest BCUT2D eigenvalue weighted by molar-refractivity contribution is 0.361. The van der Waals surface area contributed by atoms with Crippen molar-refractivity contribution in [3.05, 3.63) is 35.9 Å². The van der Waals surface area contributed by atoms with Gasteiger partial charge >= 0.3 is 0 Å². The Hall–Kier alpha value is -0.900. The van der Waals surface area contributed by atoms with E-state index in [1.165, 1.54) is 5.56 Å². The number of nitrogens with two attached hydrogens (primary N) is 1.